The van der Waals surface area contributed by atoms with E-state index in [0.29, 0.717) is 14.6 Å². The fourth-order valence-corrected chi connectivity index (χ4v) is 3.80. The first-order valence-electron chi connectivity index (χ1n) is 5.67. The van der Waals surface area contributed by atoms with E-state index in [0.717, 1.165) is 3.97 Å². The molecule has 0 spiro atoms. The standard InChI is InChI=1S/C13H9IN2O3S/c14-12-10-6-7-16(13(10)15-8-11(12)17)20(18,19)9-4-2-1-3-5-9/h1-8,17H. The second-order valence-corrected chi connectivity index (χ2v) is 7.02. The highest BCUT2D eigenvalue weighted by Gasteiger charge is 2.20. The van der Waals surface area contributed by atoms with Crippen LogP contribution in [0.5, 0.6) is 5.75 Å². The van der Waals surface area contributed by atoms with Gasteiger partial charge in [0.1, 0.15) is 5.75 Å². The van der Waals surface area contributed by atoms with Gasteiger partial charge in [0.25, 0.3) is 10.0 Å². The predicted octanol–water partition coefficient (Wildman–Crippen LogP) is 2.58. The minimum Gasteiger partial charge on any atom is -0.505 e. The Hall–Kier alpha value is -1.61. The van der Waals surface area contributed by atoms with Crippen molar-refractivity contribution in [1.29, 1.82) is 0 Å². The van der Waals surface area contributed by atoms with Crippen molar-refractivity contribution in [2.75, 3.05) is 0 Å². The molecule has 0 bridgehead atoms. The lowest BCUT2D eigenvalue weighted by atomic mass is 10.3. The van der Waals surface area contributed by atoms with Crippen LogP contribution in [0.15, 0.2) is 53.7 Å². The third-order valence-electron chi connectivity index (χ3n) is 2.90. The molecule has 20 heavy (non-hydrogen) atoms. The topological polar surface area (TPSA) is 72.2 Å². The van der Waals surface area contributed by atoms with Crippen LogP contribution in [0.1, 0.15) is 0 Å². The molecule has 0 atom stereocenters. The number of hydrogen-bond donors (Lipinski definition) is 1. The Morgan fingerprint density at radius 1 is 1.15 bits per heavy atom. The Labute approximate surface area is 129 Å². The maximum Gasteiger partial charge on any atom is 0.269 e. The van der Waals surface area contributed by atoms with Crippen LogP contribution in [0.25, 0.3) is 11.0 Å². The molecule has 0 unspecified atom stereocenters. The number of nitrogens with zero attached hydrogens (tertiary/aromatic N) is 2. The second-order valence-electron chi connectivity index (χ2n) is 4.12. The van der Waals surface area contributed by atoms with E-state index in [-0.39, 0.29) is 10.6 Å². The molecular weight excluding hydrogens is 391 g/mol. The van der Waals surface area contributed by atoms with Gasteiger partial charge in [0.05, 0.1) is 14.7 Å². The molecule has 0 radical (unpaired) electrons. The van der Waals surface area contributed by atoms with E-state index in [9.17, 15) is 13.5 Å². The van der Waals surface area contributed by atoms with Gasteiger partial charge in [-0.3, -0.25) is 0 Å². The third-order valence-corrected chi connectivity index (χ3v) is 5.71. The van der Waals surface area contributed by atoms with Crippen LogP contribution in [-0.4, -0.2) is 22.5 Å². The summed E-state index contributed by atoms with van der Waals surface area (Å²) in [4.78, 5) is 4.22. The van der Waals surface area contributed by atoms with Crippen molar-refractivity contribution in [3.63, 3.8) is 0 Å². The monoisotopic (exact) mass is 400 g/mol. The maximum absolute atomic E-state index is 12.6. The van der Waals surface area contributed by atoms with Gasteiger partial charge in [0.2, 0.25) is 0 Å². The van der Waals surface area contributed by atoms with Crippen molar-refractivity contribution in [2.45, 2.75) is 4.90 Å². The number of halogens is 1. The Balaban J connectivity index is 2.29. The molecule has 0 saturated heterocycles. The number of aromatic hydroxyl groups is 1. The molecule has 3 aromatic rings. The lowest BCUT2D eigenvalue weighted by Gasteiger charge is -2.07. The molecule has 0 aliphatic heterocycles. The first-order valence-corrected chi connectivity index (χ1v) is 8.19. The molecule has 0 saturated carbocycles. The number of hydrogen-bond acceptors (Lipinski definition) is 4. The third kappa shape index (κ3) is 1.97. The Morgan fingerprint density at radius 3 is 2.55 bits per heavy atom. The van der Waals surface area contributed by atoms with Crippen molar-refractivity contribution >= 4 is 43.6 Å². The average molecular weight is 400 g/mol. The molecule has 0 amide bonds. The summed E-state index contributed by atoms with van der Waals surface area (Å²) >= 11 is 1.96. The van der Waals surface area contributed by atoms with E-state index in [1.54, 1.807) is 24.3 Å². The molecule has 1 aromatic carbocycles. The summed E-state index contributed by atoms with van der Waals surface area (Å²) in [5.41, 5.74) is 0.302. The van der Waals surface area contributed by atoms with Crippen LogP contribution in [0.2, 0.25) is 0 Å². The van der Waals surface area contributed by atoms with Crippen LogP contribution in [0.4, 0.5) is 0 Å². The quantitative estimate of drug-likeness (QED) is 0.672. The Bertz CT molecular complexity index is 889. The van der Waals surface area contributed by atoms with E-state index in [2.05, 4.69) is 4.98 Å². The highest BCUT2D eigenvalue weighted by atomic mass is 127. The highest BCUT2D eigenvalue weighted by molar-refractivity contribution is 14.1. The largest absolute Gasteiger partial charge is 0.505 e. The summed E-state index contributed by atoms with van der Waals surface area (Å²) in [5, 5.41) is 10.2. The number of rotatable bonds is 2. The van der Waals surface area contributed by atoms with Gasteiger partial charge in [-0.25, -0.2) is 17.4 Å². The highest BCUT2D eigenvalue weighted by Crippen LogP contribution is 2.29. The number of benzene rings is 1. The van der Waals surface area contributed by atoms with E-state index in [1.165, 1.54) is 24.5 Å². The van der Waals surface area contributed by atoms with Crippen molar-refractivity contribution in [3.8, 4) is 5.75 Å². The van der Waals surface area contributed by atoms with Gasteiger partial charge >= 0.3 is 0 Å². The lowest BCUT2D eigenvalue weighted by molar-refractivity contribution is 0.470. The van der Waals surface area contributed by atoms with Gasteiger partial charge in [-0.2, -0.15) is 0 Å². The Kier molecular flexibility index (Phi) is 3.17. The average Bonchev–Trinajstić information content (AvgIpc) is 2.89. The number of fused-ring (bicyclic) bond motifs is 1. The van der Waals surface area contributed by atoms with Gasteiger partial charge in [0, 0.05) is 11.6 Å². The molecule has 3 rings (SSSR count). The zero-order chi connectivity index (χ0) is 14.3. The summed E-state index contributed by atoms with van der Waals surface area (Å²) in [6.45, 7) is 0. The summed E-state index contributed by atoms with van der Waals surface area (Å²) in [5.74, 6) is 0.0351. The normalized spacial score (nSPS) is 11.8. The van der Waals surface area contributed by atoms with E-state index < -0.39 is 10.0 Å². The predicted molar refractivity (Wildman–Crippen MR) is 83.1 cm³/mol. The Morgan fingerprint density at radius 2 is 1.85 bits per heavy atom. The van der Waals surface area contributed by atoms with Crippen LogP contribution < -0.4 is 0 Å². The van der Waals surface area contributed by atoms with Gasteiger partial charge in [-0.1, -0.05) is 18.2 Å². The first-order chi connectivity index (χ1) is 9.51. The molecule has 0 aliphatic carbocycles. The van der Waals surface area contributed by atoms with Crippen LogP contribution in [0, 0.1) is 3.57 Å². The fourth-order valence-electron chi connectivity index (χ4n) is 1.92. The maximum atomic E-state index is 12.6. The van der Waals surface area contributed by atoms with E-state index >= 15 is 0 Å². The van der Waals surface area contributed by atoms with Crippen molar-refractivity contribution in [2.24, 2.45) is 0 Å². The van der Waals surface area contributed by atoms with Crippen molar-refractivity contribution in [3.05, 3.63) is 52.4 Å². The van der Waals surface area contributed by atoms with E-state index in [4.69, 9.17) is 0 Å². The van der Waals surface area contributed by atoms with E-state index in [1.807, 2.05) is 22.6 Å². The zero-order valence-electron chi connectivity index (χ0n) is 10.1. The molecule has 5 nitrogen and oxygen atoms in total. The van der Waals surface area contributed by atoms with Crippen molar-refractivity contribution in [1.82, 2.24) is 8.96 Å². The molecule has 7 heteroatoms. The van der Waals surface area contributed by atoms with Gasteiger partial charge in [-0.15, -0.1) is 0 Å². The van der Waals surface area contributed by atoms with Gasteiger partial charge in [0.15, 0.2) is 5.65 Å². The lowest BCUT2D eigenvalue weighted by Crippen LogP contribution is -2.12. The number of aromatic nitrogens is 2. The van der Waals surface area contributed by atoms with Crippen LogP contribution in [0.3, 0.4) is 0 Å². The molecule has 0 fully saturated rings. The minimum atomic E-state index is -3.68. The summed E-state index contributed by atoms with van der Waals surface area (Å²) in [6.07, 6.45) is 2.70. The van der Waals surface area contributed by atoms with Gasteiger partial charge in [-0.05, 0) is 40.8 Å². The SMILES string of the molecule is O=S(=O)(c1ccccc1)n1ccc2c(I)c(O)cnc21. The first kappa shape index (κ1) is 13.4. The summed E-state index contributed by atoms with van der Waals surface area (Å²) in [7, 11) is -3.68. The van der Waals surface area contributed by atoms with Crippen molar-refractivity contribution < 1.29 is 13.5 Å². The molecule has 2 aromatic heterocycles. The molecular formula is C13H9IN2O3S. The minimum absolute atomic E-state index is 0.0351. The summed E-state index contributed by atoms with van der Waals surface area (Å²) in [6, 6.07) is 9.79. The van der Waals surface area contributed by atoms with Crippen LogP contribution >= 0.6 is 22.6 Å². The fraction of sp³-hybridized carbons (Fsp3) is 0. The number of pyridine rings is 1. The summed E-state index contributed by atoms with van der Waals surface area (Å²) < 4.78 is 26.8. The molecule has 1 N–H and O–H groups in total. The zero-order valence-corrected chi connectivity index (χ0v) is 13.0. The smallest absolute Gasteiger partial charge is 0.269 e. The van der Waals surface area contributed by atoms with Crippen LogP contribution in [-0.2, 0) is 10.0 Å². The van der Waals surface area contributed by atoms with Gasteiger partial charge < -0.3 is 5.11 Å². The molecule has 0 aliphatic rings. The second kappa shape index (κ2) is 4.74. The molecule has 2 heterocycles. The molecule has 102 valence electrons.